The van der Waals surface area contributed by atoms with Crippen molar-refractivity contribution in [2.45, 2.75) is 40.0 Å². The molecule has 0 heterocycles. The maximum atomic E-state index is 12.2. The van der Waals surface area contributed by atoms with Gasteiger partial charge in [0.05, 0.1) is 0 Å². The van der Waals surface area contributed by atoms with Crippen LogP contribution >= 0.6 is 0 Å². The Bertz CT molecular complexity index is 427. The minimum absolute atomic E-state index is 0.0191. The molecule has 0 aliphatic carbocycles. The molecule has 1 aromatic rings. The number of rotatable bonds is 5. The summed E-state index contributed by atoms with van der Waals surface area (Å²) in [5.41, 5.74) is 7.21. The number of benzene rings is 1. The molecule has 0 saturated heterocycles. The second kappa shape index (κ2) is 5.82. The second-order valence-electron chi connectivity index (χ2n) is 5.57. The van der Waals surface area contributed by atoms with Crippen LogP contribution in [0.3, 0.4) is 0 Å². The molecule has 0 amide bonds. The number of alkyl halides is 3. The van der Waals surface area contributed by atoms with Gasteiger partial charge in [0.25, 0.3) is 0 Å². The van der Waals surface area contributed by atoms with E-state index < -0.39 is 6.36 Å². The van der Waals surface area contributed by atoms with Crippen LogP contribution in [0.5, 0.6) is 5.75 Å². The Morgan fingerprint density at radius 1 is 1.16 bits per heavy atom. The Hall–Kier alpha value is -1.23. The first-order chi connectivity index (χ1) is 8.61. The molecule has 0 aromatic heterocycles. The van der Waals surface area contributed by atoms with Crippen LogP contribution in [0.15, 0.2) is 18.2 Å². The van der Waals surface area contributed by atoms with Gasteiger partial charge in [0, 0.05) is 0 Å². The zero-order valence-corrected chi connectivity index (χ0v) is 11.5. The number of hydrogen-bond donors (Lipinski definition) is 1. The second-order valence-corrected chi connectivity index (χ2v) is 5.57. The lowest BCUT2D eigenvalue weighted by atomic mass is 9.86. The summed E-state index contributed by atoms with van der Waals surface area (Å²) in [4.78, 5) is 0. The van der Waals surface area contributed by atoms with E-state index in [0.29, 0.717) is 13.0 Å². The molecule has 0 spiro atoms. The van der Waals surface area contributed by atoms with Gasteiger partial charge in [0.15, 0.2) is 0 Å². The minimum atomic E-state index is -4.65. The lowest BCUT2D eigenvalue weighted by Gasteiger charge is -2.22. The SMILES string of the molecule is Cc1cc(CCC(C)(C)CN)cc(OC(F)(F)F)c1. The molecule has 0 bridgehead atoms. The monoisotopic (exact) mass is 275 g/mol. The van der Waals surface area contributed by atoms with Crippen LogP contribution in [0, 0.1) is 12.3 Å². The number of hydrogen-bond acceptors (Lipinski definition) is 2. The summed E-state index contributed by atoms with van der Waals surface area (Å²) in [7, 11) is 0. The quantitative estimate of drug-likeness (QED) is 0.886. The van der Waals surface area contributed by atoms with E-state index in [9.17, 15) is 13.2 Å². The third-order valence-corrected chi connectivity index (χ3v) is 2.99. The van der Waals surface area contributed by atoms with E-state index in [-0.39, 0.29) is 11.2 Å². The van der Waals surface area contributed by atoms with Crippen molar-refractivity contribution in [1.29, 1.82) is 0 Å². The molecule has 19 heavy (non-hydrogen) atoms. The lowest BCUT2D eigenvalue weighted by Crippen LogP contribution is -2.24. The highest BCUT2D eigenvalue weighted by molar-refractivity contribution is 5.34. The fourth-order valence-corrected chi connectivity index (χ4v) is 1.75. The first-order valence-corrected chi connectivity index (χ1v) is 6.18. The molecule has 0 radical (unpaired) electrons. The molecule has 1 rings (SSSR count). The van der Waals surface area contributed by atoms with E-state index >= 15 is 0 Å². The molecule has 2 N–H and O–H groups in total. The first kappa shape index (κ1) is 15.8. The number of nitrogens with two attached hydrogens (primary N) is 1. The maximum Gasteiger partial charge on any atom is 0.573 e. The summed E-state index contributed by atoms with van der Waals surface area (Å²) in [5.74, 6) is -0.159. The van der Waals surface area contributed by atoms with Crippen LogP contribution in [0.25, 0.3) is 0 Å². The molecule has 108 valence electrons. The average Bonchev–Trinajstić information content (AvgIpc) is 2.23. The van der Waals surface area contributed by atoms with Crippen molar-refractivity contribution in [3.05, 3.63) is 29.3 Å². The Morgan fingerprint density at radius 3 is 2.32 bits per heavy atom. The van der Waals surface area contributed by atoms with Gasteiger partial charge in [-0.15, -0.1) is 13.2 Å². The topological polar surface area (TPSA) is 35.2 Å². The van der Waals surface area contributed by atoms with Crippen LogP contribution in [0.1, 0.15) is 31.4 Å². The zero-order chi connectivity index (χ0) is 14.7. The van der Waals surface area contributed by atoms with Crippen LogP contribution in [-0.2, 0) is 6.42 Å². The summed E-state index contributed by atoms with van der Waals surface area (Å²) in [6.07, 6.45) is -3.15. The first-order valence-electron chi connectivity index (χ1n) is 6.18. The third-order valence-electron chi connectivity index (χ3n) is 2.99. The smallest absolute Gasteiger partial charge is 0.406 e. The van der Waals surface area contributed by atoms with Crippen molar-refractivity contribution in [2.75, 3.05) is 6.54 Å². The van der Waals surface area contributed by atoms with Crippen molar-refractivity contribution >= 4 is 0 Å². The van der Waals surface area contributed by atoms with Crippen LogP contribution in [0.2, 0.25) is 0 Å². The fraction of sp³-hybridized carbons (Fsp3) is 0.571. The highest BCUT2D eigenvalue weighted by Gasteiger charge is 2.31. The summed E-state index contributed by atoms with van der Waals surface area (Å²) in [5, 5.41) is 0. The van der Waals surface area contributed by atoms with Crippen molar-refractivity contribution in [1.82, 2.24) is 0 Å². The molecule has 0 saturated carbocycles. The minimum Gasteiger partial charge on any atom is -0.406 e. The fourth-order valence-electron chi connectivity index (χ4n) is 1.75. The maximum absolute atomic E-state index is 12.2. The molecule has 0 aliphatic heterocycles. The summed E-state index contributed by atoms with van der Waals surface area (Å²) in [6.45, 7) is 6.37. The van der Waals surface area contributed by atoms with E-state index in [1.807, 2.05) is 19.9 Å². The molecular formula is C14H20F3NO. The van der Waals surface area contributed by atoms with Gasteiger partial charge < -0.3 is 10.5 Å². The number of ether oxygens (including phenoxy) is 1. The van der Waals surface area contributed by atoms with Gasteiger partial charge in [-0.25, -0.2) is 0 Å². The number of halogens is 3. The largest absolute Gasteiger partial charge is 0.573 e. The average molecular weight is 275 g/mol. The van der Waals surface area contributed by atoms with E-state index in [1.165, 1.54) is 12.1 Å². The molecule has 0 fully saturated rings. The van der Waals surface area contributed by atoms with Crippen LogP contribution in [-0.4, -0.2) is 12.9 Å². The van der Waals surface area contributed by atoms with Gasteiger partial charge in [-0.05, 0) is 55.0 Å². The predicted molar refractivity (Wildman–Crippen MR) is 69.0 cm³/mol. The highest BCUT2D eigenvalue weighted by Crippen LogP contribution is 2.27. The molecule has 5 heteroatoms. The Balaban J connectivity index is 2.80. The van der Waals surface area contributed by atoms with Gasteiger partial charge in [-0.1, -0.05) is 19.9 Å². The molecule has 2 nitrogen and oxygen atoms in total. The summed E-state index contributed by atoms with van der Waals surface area (Å²) < 4.78 is 40.5. The van der Waals surface area contributed by atoms with Gasteiger partial charge in [-0.2, -0.15) is 0 Å². The predicted octanol–water partition coefficient (Wildman–Crippen LogP) is 3.81. The molecular weight excluding hydrogens is 255 g/mol. The van der Waals surface area contributed by atoms with E-state index in [1.54, 1.807) is 6.92 Å². The number of aryl methyl sites for hydroxylation is 2. The Labute approximate surface area is 111 Å². The van der Waals surface area contributed by atoms with Crippen molar-refractivity contribution in [2.24, 2.45) is 11.1 Å². The van der Waals surface area contributed by atoms with Crippen LogP contribution < -0.4 is 10.5 Å². The molecule has 0 aliphatic rings. The van der Waals surface area contributed by atoms with Gasteiger partial charge in [0.2, 0.25) is 0 Å². The van der Waals surface area contributed by atoms with Crippen molar-refractivity contribution < 1.29 is 17.9 Å². The van der Waals surface area contributed by atoms with Crippen molar-refractivity contribution in [3.63, 3.8) is 0 Å². The van der Waals surface area contributed by atoms with Crippen LogP contribution in [0.4, 0.5) is 13.2 Å². The molecule has 0 atom stereocenters. The molecule has 1 aromatic carbocycles. The summed E-state index contributed by atoms with van der Waals surface area (Å²) >= 11 is 0. The van der Waals surface area contributed by atoms with E-state index in [0.717, 1.165) is 17.5 Å². The summed E-state index contributed by atoms with van der Waals surface area (Å²) in [6, 6.07) is 4.69. The Kier molecular flexibility index (Phi) is 4.85. The van der Waals surface area contributed by atoms with E-state index in [4.69, 9.17) is 5.73 Å². The van der Waals surface area contributed by atoms with Gasteiger partial charge >= 0.3 is 6.36 Å². The standard InChI is InChI=1S/C14H20F3NO/c1-10-6-11(4-5-13(2,3)9-18)8-12(7-10)19-14(15,16)17/h6-8H,4-5,9,18H2,1-3H3. The Morgan fingerprint density at radius 2 is 1.79 bits per heavy atom. The van der Waals surface area contributed by atoms with Gasteiger partial charge in [0.1, 0.15) is 5.75 Å². The van der Waals surface area contributed by atoms with Crippen molar-refractivity contribution in [3.8, 4) is 5.75 Å². The normalized spacial score (nSPS) is 12.6. The lowest BCUT2D eigenvalue weighted by molar-refractivity contribution is -0.274. The zero-order valence-electron chi connectivity index (χ0n) is 11.5. The highest BCUT2D eigenvalue weighted by atomic mass is 19.4. The molecule has 0 unspecified atom stereocenters. The van der Waals surface area contributed by atoms with E-state index in [2.05, 4.69) is 4.74 Å². The third kappa shape index (κ3) is 5.96. The van der Waals surface area contributed by atoms with Gasteiger partial charge in [-0.3, -0.25) is 0 Å².